The molecule has 0 saturated heterocycles. The van der Waals surface area contributed by atoms with E-state index in [0.29, 0.717) is 22.4 Å². The summed E-state index contributed by atoms with van der Waals surface area (Å²) in [6, 6.07) is 11.2. The van der Waals surface area contributed by atoms with Crippen molar-refractivity contribution in [2.75, 3.05) is 5.73 Å². The van der Waals surface area contributed by atoms with Crippen LogP contribution in [0.15, 0.2) is 47.3 Å². The molecule has 0 atom stereocenters. The zero-order chi connectivity index (χ0) is 14.3. The van der Waals surface area contributed by atoms with Crippen LogP contribution in [0.3, 0.4) is 0 Å². The smallest absolute Gasteiger partial charge is 0.266 e. The zero-order valence-electron chi connectivity index (χ0n) is 10.8. The van der Waals surface area contributed by atoms with Gasteiger partial charge in [-0.15, -0.1) is 0 Å². The van der Waals surface area contributed by atoms with Gasteiger partial charge < -0.3 is 5.73 Å². The van der Waals surface area contributed by atoms with Gasteiger partial charge in [0.2, 0.25) is 0 Å². The number of rotatable bonds is 1. The third-order valence-corrected chi connectivity index (χ3v) is 3.16. The summed E-state index contributed by atoms with van der Waals surface area (Å²) in [6.45, 7) is 1.67. The second kappa shape index (κ2) is 4.45. The molecule has 0 bridgehead atoms. The molecule has 0 aliphatic rings. The van der Waals surface area contributed by atoms with Crippen LogP contribution in [0.1, 0.15) is 5.82 Å². The Balaban J connectivity index is 2.39. The highest BCUT2D eigenvalue weighted by Gasteiger charge is 2.12. The van der Waals surface area contributed by atoms with Crippen LogP contribution in [-0.4, -0.2) is 9.55 Å². The summed E-state index contributed by atoms with van der Waals surface area (Å²) in [5, 5.41) is 0.453. The predicted molar refractivity (Wildman–Crippen MR) is 76.4 cm³/mol. The van der Waals surface area contributed by atoms with Crippen molar-refractivity contribution in [3.63, 3.8) is 0 Å². The number of hydrogen-bond acceptors (Lipinski definition) is 3. The highest BCUT2D eigenvalue weighted by molar-refractivity contribution is 5.77. The van der Waals surface area contributed by atoms with Crippen molar-refractivity contribution < 1.29 is 4.39 Å². The zero-order valence-corrected chi connectivity index (χ0v) is 10.8. The third-order valence-electron chi connectivity index (χ3n) is 3.16. The summed E-state index contributed by atoms with van der Waals surface area (Å²) in [4.78, 5) is 16.9. The standard InChI is InChI=1S/C15H12FN3O/c1-9-18-13-5-3-2-4-11(13)15(20)19(9)14-7-6-10(17)8-12(14)16/h2-8H,17H2,1H3. The summed E-state index contributed by atoms with van der Waals surface area (Å²) in [6.07, 6.45) is 0. The average Bonchev–Trinajstić information content (AvgIpc) is 2.41. The van der Waals surface area contributed by atoms with Gasteiger partial charge in [0.15, 0.2) is 0 Å². The van der Waals surface area contributed by atoms with Crippen molar-refractivity contribution in [1.82, 2.24) is 9.55 Å². The Bertz CT molecular complexity index is 871. The van der Waals surface area contributed by atoms with Crippen molar-refractivity contribution in [1.29, 1.82) is 0 Å². The lowest BCUT2D eigenvalue weighted by molar-refractivity contribution is 0.614. The monoisotopic (exact) mass is 269 g/mol. The number of nitrogens with zero attached hydrogens (tertiary/aromatic N) is 2. The molecule has 0 amide bonds. The van der Waals surface area contributed by atoms with E-state index in [1.165, 1.54) is 16.7 Å². The van der Waals surface area contributed by atoms with Crippen molar-refractivity contribution in [2.45, 2.75) is 6.92 Å². The maximum Gasteiger partial charge on any atom is 0.266 e. The minimum atomic E-state index is -0.549. The highest BCUT2D eigenvalue weighted by Crippen LogP contribution is 2.17. The Morgan fingerprint density at radius 1 is 1.20 bits per heavy atom. The van der Waals surface area contributed by atoms with E-state index in [4.69, 9.17) is 5.73 Å². The van der Waals surface area contributed by atoms with Crippen molar-refractivity contribution in [3.05, 3.63) is 64.5 Å². The van der Waals surface area contributed by atoms with Gasteiger partial charge in [-0.25, -0.2) is 9.37 Å². The fourth-order valence-corrected chi connectivity index (χ4v) is 2.23. The number of halogens is 1. The lowest BCUT2D eigenvalue weighted by Gasteiger charge is -2.11. The highest BCUT2D eigenvalue weighted by atomic mass is 19.1. The Morgan fingerprint density at radius 3 is 2.70 bits per heavy atom. The van der Waals surface area contributed by atoms with Gasteiger partial charge in [-0.05, 0) is 37.3 Å². The molecule has 0 saturated carbocycles. The molecular formula is C15H12FN3O. The summed E-state index contributed by atoms with van der Waals surface area (Å²) in [5.41, 5.74) is 6.30. The molecule has 5 heteroatoms. The predicted octanol–water partition coefficient (Wildman–Crippen LogP) is 2.42. The lowest BCUT2D eigenvalue weighted by atomic mass is 10.2. The molecule has 2 N–H and O–H groups in total. The van der Waals surface area contributed by atoms with E-state index in [0.717, 1.165) is 0 Å². The van der Waals surface area contributed by atoms with Crippen LogP contribution in [-0.2, 0) is 0 Å². The van der Waals surface area contributed by atoms with E-state index in [1.54, 1.807) is 31.2 Å². The van der Waals surface area contributed by atoms with Crippen molar-refractivity contribution in [3.8, 4) is 5.69 Å². The molecule has 0 unspecified atom stereocenters. The van der Waals surface area contributed by atoms with Gasteiger partial charge in [0.25, 0.3) is 5.56 Å². The molecule has 0 aliphatic carbocycles. The number of nitrogen functional groups attached to an aromatic ring is 1. The van der Waals surface area contributed by atoms with Gasteiger partial charge in [-0.2, -0.15) is 0 Å². The fourth-order valence-electron chi connectivity index (χ4n) is 2.23. The molecule has 1 aromatic heterocycles. The van der Waals surface area contributed by atoms with E-state index in [9.17, 15) is 9.18 Å². The van der Waals surface area contributed by atoms with Crippen LogP contribution in [0.2, 0.25) is 0 Å². The Kier molecular flexibility index (Phi) is 2.75. The number of hydrogen-bond donors (Lipinski definition) is 1. The van der Waals surface area contributed by atoms with Crippen LogP contribution in [0.5, 0.6) is 0 Å². The number of benzene rings is 2. The van der Waals surface area contributed by atoms with Crippen LogP contribution in [0, 0.1) is 12.7 Å². The van der Waals surface area contributed by atoms with E-state index < -0.39 is 5.82 Å². The van der Waals surface area contributed by atoms with Crippen LogP contribution >= 0.6 is 0 Å². The minimum absolute atomic E-state index is 0.153. The van der Waals surface area contributed by atoms with Gasteiger partial charge in [-0.3, -0.25) is 9.36 Å². The van der Waals surface area contributed by atoms with Gasteiger partial charge in [0, 0.05) is 5.69 Å². The molecule has 0 spiro atoms. The molecule has 0 fully saturated rings. The number of anilines is 1. The SMILES string of the molecule is Cc1nc2ccccc2c(=O)n1-c1ccc(N)cc1F. The van der Waals surface area contributed by atoms with Gasteiger partial charge >= 0.3 is 0 Å². The summed E-state index contributed by atoms with van der Waals surface area (Å²) in [5.74, 6) is -0.121. The first kappa shape index (κ1) is 12.3. The molecule has 3 aromatic rings. The molecule has 0 aliphatic heterocycles. The molecule has 3 rings (SSSR count). The van der Waals surface area contributed by atoms with E-state index in [-0.39, 0.29) is 11.2 Å². The first-order chi connectivity index (χ1) is 9.58. The maximum absolute atomic E-state index is 14.0. The number of aryl methyl sites for hydroxylation is 1. The molecule has 20 heavy (non-hydrogen) atoms. The van der Waals surface area contributed by atoms with Gasteiger partial charge in [0.05, 0.1) is 16.6 Å². The first-order valence-electron chi connectivity index (χ1n) is 6.12. The first-order valence-corrected chi connectivity index (χ1v) is 6.12. The summed E-state index contributed by atoms with van der Waals surface area (Å²) >= 11 is 0. The molecule has 1 heterocycles. The molecular weight excluding hydrogens is 257 g/mol. The van der Waals surface area contributed by atoms with E-state index in [1.807, 2.05) is 6.07 Å². The normalized spacial score (nSPS) is 10.9. The second-order valence-corrected chi connectivity index (χ2v) is 4.53. The maximum atomic E-state index is 14.0. The Labute approximate surface area is 114 Å². The molecule has 4 nitrogen and oxygen atoms in total. The Morgan fingerprint density at radius 2 is 1.95 bits per heavy atom. The van der Waals surface area contributed by atoms with Gasteiger partial charge in [-0.1, -0.05) is 12.1 Å². The summed E-state index contributed by atoms with van der Waals surface area (Å²) in [7, 11) is 0. The van der Waals surface area contributed by atoms with Gasteiger partial charge in [0.1, 0.15) is 11.6 Å². The van der Waals surface area contributed by atoms with E-state index >= 15 is 0 Å². The quantitative estimate of drug-likeness (QED) is 0.690. The number of nitrogens with two attached hydrogens (primary N) is 1. The number of fused-ring (bicyclic) bond motifs is 1. The minimum Gasteiger partial charge on any atom is -0.399 e. The van der Waals surface area contributed by atoms with Crippen LogP contribution in [0.25, 0.3) is 16.6 Å². The van der Waals surface area contributed by atoms with Crippen molar-refractivity contribution >= 4 is 16.6 Å². The fraction of sp³-hybridized carbons (Fsp3) is 0.0667. The number of para-hydroxylation sites is 1. The third kappa shape index (κ3) is 1.84. The lowest BCUT2D eigenvalue weighted by Crippen LogP contribution is -2.23. The largest absolute Gasteiger partial charge is 0.399 e. The second-order valence-electron chi connectivity index (χ2n) is 4.53. The average molecular weight is 269 g/mol. The molecule has 2 aromatic carbocycles. The molecule has 0 radical (unpaired) electrons. The summed E-state index contributed by atoms with van der Waals surface area (Å²) < 4.78 is 15.3. The van der Waals surface area contributed by atoms with E-state index in [2.05, 4.69) is 4.98 Å². The van der Waals surface area contributed by atoms with Crippen molar-refractivity contribution in [2.24, 2.45) is 0 Å². The Hall–Kier alpha value is -2.69. The molecule has 100 valence electrons. The van der Waals surface area contributed by atoms with Crippen LogP contribution in [0.4, 0.5) is 10.1 Å². The number of aromatic nitrogens is 2. The van der Waals surface area contributed by atoms with Crippen LogP contribution < -0.4 is 11.3 Å². The topological polar surface area (TPSA) is 60.9 Å².